The molecule has 5 nitrogen and oxygen atoms in total. The lowest BCUT2D eigenvalue weighted by Crippen LogP contribution is -2.08. The zero-order valence-electron chi connectivity index (χ0n) is 15.1. The van der Waals surface area contributed by atoms with E-state index < -0.39 is 9.84 Å². The van der Waals surface area contributed by atoms with Gasteiger partial charge in [-0.2, -0.15) is 5.10 Å². The van der Waals surface area contributed by atoms with Gasteiger partial charge in [-0.1, -0.05) is 42.5 Å². The Morgan fingerprint density at radius 3 is 2.67 bits per heavy atom. The second kappa shape index (κ2) is 7.13. The van der Waals surface area contributed by atoms with E-state index in [1.165, 1.54) is 0 Å². The Bertz CT molecular complexity index is 1210. The number of H-pyrrole nitrogens is 1. The van der Waals surface area contributed by atoms with E-state index in [0.29, 0.717) is 21.2 Å². The number of hydrogen-bond donors (Lipinski definition) is 2. The molecule has 0 amide bonds. The molecule has 0 aliphatic heterocycles. The van der Waals surface area contributed by atoms with Gasteiger partial charge >= 0.3 is 0 Å². The number of benzene rings is 3. The number of sulfone groups is 1. The van der Waals surface area contributed by atoms with Crippen LogP contribution in [0.2, 0.25) is 0 Å². The van der Waals surface area contributed by atoms with E-state index >= 15 is 0 Å². The average molecular weight is 379 g/mol. The van der Waals surface area contributed by atoms with Crippen molar-refractivity contribution in [2.75, 3.05) is 13.6 Å². The van der Waals surface area contributed by atoms with Crippen molar-refractivity contribution in [2.24, 2.45) is 0 Å². The highest BCUT2D eigenvalue weighted by Crippen LogP contribution is 2.31. The molecule has 0 unspecified atom stereocenters. The zero-order chi connectivity index (χ0) is 18.9. The molecule has 0 aliphatic carbocycles. The minimum Gasteiger partial charge on any atom is -0.320 e. The number of nitrogens with one attached hydrogen (secondary N) is 2. The van der Waals surface area contributed by atoms with Gasteiger partial charge in [0.05, 0.1) is 10.4 Å². The summed E-state index contributed by atoms with van der Waals surface area (Å²) in [6.45, 7) is 0.921. The number of fused-ring (bicyclic) bond motifs is 2. The Balaban J connectivity index is 1.84. The molecule has 4 rings (SSSR count). The molecule has 0 aliphatic rings. The molecule has 0 saturated carbocycles. The van der Waals surface area contributed by atoms with Crippen LogP contribution in [-0.4, -0.2) is 32.2 Å². The molecule has 0 saturated heterocycles. The molecule has 1 aromatic heterocycles. The van der Waals surface area contributed by atoms with E-state index in [1.807, 2.05) is 55.6 Å². The highest BCUT2D eigenvalue weighted by molar-refractivity contribution is 7.91. The quantitative estimate of drug-likeness (QED) is 0.501. The zero-order valence-corrected chi connectivity index (χ0v) is 15.9. The summed E-state index contributed by atoms with van der Waals surface area (Å²) in [7, 11) is -1.80. The number of aromatic nitrogens is 2. The van der Waals surface area contributed by atoms with Gasteiger partial charge in [-0.25, -0.2) is 8.42 Å². The maximum Gasteiger partial charge on any atom is 0.224 e. The van der Waals surface area contributed by atoms with Gasteiger partial charge in [0.15, 0.2) is 5.03 Å². The maximum absolute atomic E-state index is 13.4. The fourth-order valence-corrected chi connectivity index (χ4v) is 4.98. The Morgan fingerprint density at radius 2 is 1.81 bits per heavy atom. The maximum atomic E-state index is 13.4. The van der Waals surface area contributed by atoms with Crippen molar-refractivity contribution in [3.05, 3.63) is 66.2 Å². The Labute approximate surface area is 158 Å². The van der Waals surface area contributed by atoms with Gasteiger partial charge in [-0.05, 0) is 55.6 Å². The molecule has 0 atom stereocenters. The van der Waals surface area contributed by atoms with E-state index in [9.17, 15) is 8.42 Å². The largest absolute Gasteiger partial charge is 0.320 e. The third kappa shape index (κ3) is 3.22. The van der Waals surface area contributed by atoms with Crippen molar-refractivity contribution in [2.45, 2.75) is 22.8 Å². The van der Waals surface area contributed by atoms with Crippen LogP contribution >= 0.6 is 0 Å². The highest BCUT2D eigenvalue weighted by Gasteiger charge is 2.25. The van der Waals surface area contributed by atoms with E-state index in [4.69, 9.17) is 0 Å². The first-order chi connectivity index (χ1) is 13.1. The second-order valence-electron chi connectivity index (χ2n) is 6.59. The summed E-state index contributed by atoms with van der Waals surface area (Å²) < 4.78 is 26.8. The van der Waals surface area contributed by atoms with Crippen LogP contribution in [0, 0.1) is 0 Å². The highest BCUT2D eigenvalue weighted by atomic mass is 32.2. The van der Waals surface area contributed by atoms with E-state index in [0.717, 1.165) is 30.3 Å². The van der Waals surface area contributed by atoms with E-state index in [2.05, 4.69) is 15.5 Å². The molecule has 0 spiro atoms. The topological polar surface area (TPSA) is 74.8 Å². The van der Waals surface area contributed by atoms with Gasteiger partial charge < -0.3 is 5.32 Å². The molecular formula is C21H21N3O2S. The van der Waals surface area contributed by atoms with Crippen LogP contribution < -0.4 is 5.32 Å². The number of nitrogens with zero attached hydrogens (tertiary/aromatic N) is 1. The van der Waals surface area contributed by atoms with Gasteiger partial charge in [0.25, 0.3) is 0 Å². The molecule has 4 aromatic rings. The Kier molecular flexibility index (Phi) is 4.68. The van der Waals surface area contributed by atoms with Crippen molar-refractivity contribution in [3.8, 4) is 0 Å². The van der Waals surface area contributed by atoms with Gasteiger partial charge in [-0.15, -0.1) is 0 Å². The average Bonchev–Trinajstić information content (AvgIpc) is 3.12. The molecule has 0 fully saturated rings. The first-order valence-electron chi connectivity index (χ1n) is 8.96. The molecule has 27 heavy (non-hydrogen) atoms. The van der Waals surface area contributed by atoms with Gasteiger partial charge in [0.2, 0.25) is 9.84 Å². The molecular weight excluding hydrogens is 358 g/mol. The molecule has 1 heterocycles. The third-order valence-electron chi connectivity index (χ3n) is 4.78. The summed E-state index contributed by atoms with van der Waals surface area (Å²) in [4.78, 5) is 0.298. The molecule has 0 bridgehead atoms. The van der Waals surface area contributed by atoms with Crippen molar-refractivity contribution in [1.82, 2.24) is 15.5 Å². The number of aromatic amines is 1. The molecule has 0 radical (unpaired) electrons. The van der Waals surface area contributed by atoms with Crippen LogP contribution in [0.15, 0.2) is 70.6 Å². The summed E-state index contributed by atoms with van der Waals surface area (Å²) in [5.74, 6) is 0. The molecule has 6 heteroatoms. The lowest BCUT2D eigenvalue weighted by atomic mass is 10.1. The number of hydrogen-bond acceptors (Lipinski definition) is 4. The molecule has 138 valence electrons. The van der Waals surface area contributed by atoms with E-state index in [1.54, 1.807) is 12.1 Å². The Hall–Kier alpha value is -2.70. The van der Waals surface area contributed by atoms with Crippen LogP contribution in [0.25, 0.3) is 21.7 Å². The van der Waals surface area contributed by atoms with Gasteiger partial charge in [0, 0.05) is 10.8 Å². The monoisotopic (exact) mass is 379 g/mol. The lowest BCUT2D eigenvalue weighted by Gasteiger charge is -2.07. The lowest BCUT2D eigenvalue weighted by molar-refractivity contribution is 0.593. The van der Waals surface area contributed by atoms with Crippen LogP contribution in [0.5, 0.6) is 0 Å². The van der Waals surface area contributed by atoms with Crippen molar-refractivity contribution >= 4 is 31.5 Å². The number of aryl methyl sites for hydroxylation is 1. The minimum absolute atomic E-state index is 0.157. The summed E-state index contributed by atoms with van der Waals surface area (Å²) in [6.07, 6.45) is 1.88. The standard InChI is InChI=1S/C21H21N3O2S/c1-22-13-5-6-15-11-12-19-18(14-15)21(24-23-19)27(25,26)20-10-4-8-16-7-2-3-9-17(16)20/h2-4,7-12,14,22H,5-6,13H2,1H3,(H,23,24). The van der Waals surface area contributed by atoms with Gasteiger partial charge in [-0.3, -0.25) is 5.10 Å². The summed E-state index contributed by atoms with van der Waals surface area (Å²) in [5, 5.41) is 12.5. The third-order valence-corrected chi connectivity index (χ3v) is 6.57. The minimum atomic E-state index is -3.72. The fraction of sp³-hybridized carbons (Fsp3) is 0.190. The first-order valence-corrected chi connectivity index (χ1v) is 10.4. The van der Waals surface area contributed by atoms with Crippen molar-refractivity contribution in [3.63, 3.8) is 0 Å². The van der Waals surface area contributed by atoms with Crippen LogP contribution in [0.4, 0.5) is 0 Å². The molecule has 3 aromatic carbocycles. The predicted octanol–water partition coefficient (Wildman–Crippen LogP) is 3.70. The van der Waals surface area contributed by atoms with E-state index in [-0.39, 0.29) is 5.03 Å². The predicted molar refractivity (Wildman–Crippen MR) is 108 cm³/mol. The second-order valence-corrected chi connectivity index (χ2v) is 8.45. The van der Waals surface area contributed by atoms with Crippen LogP contribution in [0.3, 0.4) is 0 Å². The fourth-order valence-electron chi connectivity index (χ4n) is 3.40. The van der Waals surface area contributed by atoms with Crippen LogP contribution in [-0.2, 0) is 16.3 Å². The Morgan fingerprint density at radius 1 is 1.00 bits per heavy atom. The molecule has 2 N–H and O–H groups in total. The van der Waals surface area contributed by atoms with Crippen molar-refractivity contribution in [1.29, 1.82) is 0 Å². The first kappa shape index (κ1) is 17.7. The van der Waals surface area contributed by atoms with Gasteiger partial charge in [0.1, 0.15) is 0 Å². The summed E-state index contributed by atoms with van der Waals surface area (Å²) >= 11 is 0. The van der Waals surface area contributed by atoms with Crippen LogP contribution in [0.1, 0.15) is 12.0 Å². The SMILES string of the molecule is CNCCCc1ccc2n[nH]c(S(=O)(=O)c3cccc4ccccc34)c2c1. The van der Waals surface area contributed by atoms with Crippen molar-refractivity contribution < 1.29 is 8.42 Å². The summed E-state index contributed by atoms with van der Waals surface area (Å²) in [6, 6.07) is 18.7. The normalized spacial score (nSPS) is 12.0. The number of rotatable bonds is 6. The smallest absolute Gasteiger partial charge is 0.224 e. The summed E-state index contributed by atoms with van der Waals surface area (Å²) in [5.41, 5.74) is 1.76.